The van der Waals surface area contributed by atoms with Gasteiger partial charge in [-0.1, -0.05) is 122 Å². The summed E-state index contributed by atoms with van der Waals surface area (Å²) in [6, 6.07) is 0. The van der Waals surface area contributed by atoms with Gasteiger partial charge < -0.3 is 0 Å². The van der Waals surface area contributed by atoms with E-state index in [2.05, 4.69) is 6.92 Å². The first-order valence-electron chi connectivity index (χ1n) is 11.0. The van der Waals surface area contributed by atoms with Gasteiger partial charge in [-0.3, -0.25) is 0 Å². The number of hydrogen-bond donors (Lipinski definition) is 0. The zero-order valence-electron chi connectivity index (χ0n) is 16.5. The number of unbranched alkanes of at least 4 members (excludes halogenated alkanes) is 18. The molecule has 0 unspecified atom stereocenters. The van der Waals surface area contributed by atoms with Gasteiger partial charge in [-0.05, 0) is 6.42 Å². The maximum Gasteiger partial charge on any atom is 0.355 e. The minimum atomic E-state index is -0.901. The summed E-state index contributed by atoms with van der Waals surface area (Å²) >= 11 is 0. The maximum atomic E-state index is 10.3. The second kappa shape index (κ2) is 20.5. The number of carbonyl (C=O) groups excluding carboxylic acids is 1. The summed E-state index contributed by atoms with van der Waals surface area (Å²) in [4.78, 5) is 10.3. The van der Waals surface area contributed by atoms with Gasteiger partial charge in [-0.2, -0.15) is 0 Å². The molecule has 0 amide bonds. The van der Waals surface area contributed by atoms with E-state index in [1.807, 2.05) is 0 Å². The van der Waals surface area contributed by atoms with Gasteiger partial charge in [0.25, 0.3) is 0 Å². The molecule has 0 bridgehead atoms. The van der Waals surface area contributed by atoms with Crippen molar-refractivity contribution in [1.29, 1.82) is 0 Å². The topological polar surface area (TPSA) is 37.0 Å². The van der Waals surface area contributed by atoms with Crippen LogP contribution in [0.2, 0.25) is 0 Å². The molecule has 0 heterocycles. The Labute approximate surface area is 151 Å². The van der Waals surface area contributed by atoms with E-state index >= 15 is 0 Å². The molecule has 2 nitrogen and oxygen atoms in total. The van der Waals surface area contributed by atoms with Crippen molar-refractivity contribution >= 4 is 5.97 Å². The lowest BCUT2D eigenvalue weighted by Crippen LogP contribution is -1.91. The second-order valence-corrected chi connectivity index (χ2v) is 7.49. The number of carbonyl (C=O) groups is 1. The van der Waals surface area contributed by atoms with Crippen LogP contribution in [0.5, 0.6) is 0 Å². The zero-order chi connectivity index (χ0) is 17.7. The highest BCUT2D eigenvalue weighted by atomic mass is 16.4. The molecule has 0 aliphatic heterocycles. The molecule has 0 aromatic rings. The van der Waals surface area contributed by atoms with Crippen molar-refractivity contribution in [2.75, 3.05) is 0 Å². The third-order valence-corrected chi connectivity index (χ3v) is 4.98. The fraction of sp³-hybridized carbons (Fsp3) is 0.955. The summed E-state index contributed by atoms with van der Waals surface area (Å²) in [5.41, 5.74) is 0. The first kappa shape index (κ1) is 23.5. The van der Waals surface area contributed by atoms with Gasteiger partial charge in [0.05, 0.1) is 6.42 Å². The Kier molecular flexibility index (Phi) is 20.1. The monoisotopic (exact) mass is 339 g/mol. The molecule has 0 fully saturated rings. The standard InChI is InChI=1S/C22H43O2/c1-2-3-4-5-6-7-8-9-10-11-12-13-14-15-16-17-18-19-20-21-22(23)24/h2-21H2,1H3. The van der Waals surface area contributed by atoms with E-state index in [4.69, 9.17) is 0 Å². The average molecular weight is 340 g/mol. The lowest BCUT2D eigenvalue weighted by atomic mass is 10.0. The van der Waals surface area contributed by atoms with E-state index in [1.54, 1.807) is 0 Å². The summed E-state index contributed by atoms with van der Waals surface area (Å²) in [6.45, 7) is 2.28. The molecule has 2 heteroatoms. The highest BCUT2D eigenvalue weighted by Gasteiger charge is 1.98. The normalized spacial score (nSPS) is 11.0. The minimum absolute atomic E-state index is 0.235. The first-order chi connectivity index (χ1) is 11.8. The third kappa shape index (κ3) is 21.5. The molecule has 0 aliphatic rings. The lowest BCUT2D eigenvalue weighted by Gasteiger charge is -2.03. The van der Waals surface area contributed by atoms with Crippen molar-refractivity contribution in [3.8, 4) is 0 Å². The van der Waals surface area contributed by atoms with E-state index in [-0.39, 0.29) is 6.42 Å². The van der Waals surface area contributed by atoms with Crippen LogP contribution in [-0.4, -0.2) is 5.97 Å². The van der Waals surface area contributed by atoms with Crippen LogP contribution in [-0.2, 0) is 9.90 Å². The summed E-state index contributed by atoms with van der Waals surface area (Å²) in [5.74, 6) is -0.901. The molecule has 0 saturated heterocycles. The van der Waals surface area contributed by atoms with E-state index in [0.717, 1.165) is 12.8 Å². The van der Waals surface area contributed by atoms with Crippen molar-refractivity contribution in [2.45, 2.75) is 135 Å². The van der Waals surface area contributed by atoms with Crippen LogP contribution in [0.25, 0.3) is 0 Å². The zero-order valence-corrected chi connectivity index (χ0v) is 16.5. The Morgan fingerprint density at radius 1 is 0.458 bits per heavy atom. The Morgan fingerprint density at radius 3 is 0.958 bits per heavy atom. The van der Waals surface area contributed by atoms with Gasteiger partial charge in [0, 0.05) is 0 Å². The molecule has 143 valence electrons. The van der Waals surface area contributed by atoms with E-state index in [1.165, 1.54) is 109 Å². The average Bonchev–Trinajstić information content (AvgIpc) is 2.56. The quantitative estimate of drug-likeness (QED) is 0.209. The molecule has 0 rings (SSSR count). The van der Waals surface area contributed by atoms with Gasteiger partial charge in [-0.15, -0.1) is 0 Å². The lowest BCUT2D eigenvalue weighted by molar-refractivity contribution is -0.143. The number of hydrogen-bond acceptors (Lipinski definition) is 1. The fourth-order valence-corrected chi connectivity index (χ4v) is 3.35. The Balaban J connectivity index is 2.97. The largest absolute Gasteiger partial charge is 0.355 e. The van der Waals surface area contributed by atoms with Crippen molar-refractivity contribution in [3.63, 3.8) is 0 Å². The predicted octanol–water partition coefficient (Wildman–Crippen LogP) is 7.77. The summed E-state index contributed by atoms with van der Waals surface area (Å²) in [6.07, 6.45) is 25.7. The molecular weight excluding hydrogens is 296 g/mol. The van der Waals surface area contributed by atoms with Gasteiger partial charge >= 0.3 is 5.97 Å². The molecule has 0 saturated carbocycles. The summed E-state index contributed by atoms with van der Waals surface area (Å²) < 4.78 is 0. The third-order valence-electron chi connectivity index (χ3n) is 4.98. The van der Waals surface area contributed by atoms with Crippen LogP contribution < -0.4 is 0 Å². The van der Waals surface area contributed by atoms with Gasteiger partial charge in [0.1, 0.15) is 0 Å². The Morgan fingerprint density at radius 2 is 0.708 bits per heavy atom. The predicted molar refractivity (Wildman–Crippen MR) is 104 cm³/mol. The molecule has 0 spiro atoms. The molecule has 0 aliphatic carbocycles. The van der Waals surface area contributed by atoms with Crippen molar-refractivity contribution in [1.82, 2.24) is 0 Å². The highest BCUT2D eigenvalue weighted by molar-refractivity contribution is 5.66. The molecule has 0 aromatic heterocycles. The van der Waals surface area contributed by atoms with Crippen LogP contribution in [0, 0.1) is 0 Å². The van der Waals surface area contributed by atoms with Crippen molar-refractivity contribution < 1.29 is 9.90 Å². The highest BCUT2D eigenvalue weighted by Crippen LogP contribution is 2.14. The van der Waals surface area contributed by atoms with Gasteiger partial charge in [-0.25, -0.2) is 9.90 Å². The smallest absolute Gasteiger partial charge is 0.247 e. The van der Waals surface area contributed by atoms with Crippen LogP contribution in [0.4, 0.5) is 0 Å². The Bertz CT molecular complexity index is 250. The van der Waals surface area contributed by atoms with Crippen molar-refractivity contribution in [2.24, 2.45) is 0 Å². The van der Waals surface area contributed by atoms with Crippen molar-refractivity contribution in [3.05, 3.63) is 0 Å². The molecule has 0 atom stereocenters. The minimum Gasteiger partial charge on any atom is -0.247 e. The van der Waals surface area contributed by atoms with Gasteiger partial charge in [0.2, 0.25) is 0 Å². The second-order valence-electron chi connectivity index (χ2n) is 7.49. The summed E-state index contributed by atoms with van der Waals surface area (Å²) in [7, 11) is 0. The van der Waals surface area contributed by atoms with E-state index < -0.39 is 5.97 Å². The van der Waals surface area contributed by atoms with Crippen LogP contribution >= 0.6 is 0 Å². The van der Waals surface area contributed by atoms with E-state index in [9.17, 15) is 9.90 Å². The first-order valence-corrected chi connectivity index (χ1v) is 11.0. The molecule has 24 heavy (non-hydrogen) atoms. The van der Waals surface area contributed by atoms with E-state index in [0.29, 0.717) is 0 Å². The summed E-state index contributed by atoms with van der Waals surface area (Å²) in [5, 5.41) is 10.3. The van der Waals surface area contributed by atoms with Gasteiger partial charge in [0.15, 0.2) is 0 Å². The number of rotatable bonds is 20. The van der Waals surface area contributed by atoms with Crippen LogP contribution in [0.3, 0.4) is 0 Å². The maximum absolute atomic E-state index is 10.3. The Hall–Kier alpha value is -0.530. The fourth-order valence-electron chi connectivity index (χ4n) is 3.35. The SMILES string of the molecule is CCCCCCCCCCCCCCCCCCCCCC([O])=O. The molecule has 1 radical (unpaired) electrons. The molecule has 0 aromatic carbocycles. The molecular formula is C22H43O2. The molecule has 0 N–H and O–H groups in total. The van der Waals surface area contributed by atoms with Crippen LogP contribution in [0.15, 0.2) is 0 Å². The van der Waals surface area contributed by atoms with Crippen LogP contribution in [0.1, 0.15) is 135 Å².